The number of carbonyl (C=O) groups excluding carboxylic acids is 1. The Hall–Kier alpha value is -1.55. The lowest BCUT2D eigenvalue weighted by atomic mass is 9.98. The lowest BCUT2D eigenvalue weighted by molar-refractivity contribution is 0.0571. The number of nitrogens with zero attached hydrogens (tertiary/aromatic N) is 1. The molecule has 1 saturated heterocycles. The molecule has 1 atom stereocenters. The van der Waals surface area contributed by atoms with Crippen molar-refractivity contribution in [2.45, 2.75) is 12.8 Å². The van der Waals surface area contributed by atoms with E-state index in [0.717, 1.165) is 43.8 Å². The Morgan fingerprint density at radius 2 is 2.16 bits per heavy atom. The summed E-state index contributed by atoms with van der Waals surface area (Å²) in [6.07, 6.45) is 2.21. The summed E-state index contributed by atoms with van der Waals surface area (Å²) in [5.74, 6) is 0.600. The van der Waals surface area contributed by atoms with E-state index in [0.29, 0.717) is 5.92 Å². The molecule has 1 fully saturated rings. The maximum atomic E-state index is 12.4. The molecule has 0 bridgehead atoms. The summed E-state index contributed by atoms with van der Waals surface area (Å²) in [4.78, 5) is 14.4. The van der Waals surface area contributed by atoms with Crippen molar-refractivity contribution in [3.8, 4) is 0 Å². The molecule has 0 aromatic heterocycles. The van der Waals surface area contributed by atoms with Crippen molar-refractivity contribution < 1.29 is 9.53 Å². The van der Waals surface area contributed by atoms with Crippen LogP contribution in [0.3, 0.4) is 0 Å². The summed E-state index contributed by atoms with van der Waals surface area (Å²) in [6.45, 7) is 2.40. The maximum Gasteiger partial charge on any atom is 0.253 e. The van der Waals surface area contributed by atoms with Gasteiger partial charge in [0.25, 0.3) is 5.91 Å². The maximum absolute atomic E-state index is 12.4. The molecule has 1 heterocycles. The second-order valence-electron chi connectivity index (χ2n) is 5.04. The van der Waals surface area contributed by atoms with Crippen LogP contribution in [0.2, 0.25) is 0 Å². The van der Waals surface area contributed by atoms with Crippen LogP contribution in [0.1, 0.15) is 23.2 Å². The predicted molar refractivity (Wildman–Crippen MR) is 76.5 cm³/mol. The smallest absolute Gasteiger partial charge is 0.253 e. The highest BCUT2D eigenvalue weighted by atomic mass is 16.5. The highest BCUT2D eigenvalue weighted by Crippen LogP contribution is 2.19. The molecule has 1 aliphatic rings. The fourth-order valence-corrected chi connectivity index (χ4v) is 2.58. The van der Waals surface area contributed by atoms with Crippen LogP contribution < -0.4 is 5.32 Å². The third-order valence-corrected chi connectivity index (χ3v) is 3.63. The second kappa shape index (κ2) is 6.57. The fraction of sp³-hybridized carbons (Fsp3) is 0.533. The van der Waals surface area contributed by atoms with E-state index in [1.165, 1.54) is 0 Å². The minimum atomic E-state index is 0.128. The molecule has 1 aromatic rings. The second-order valence-corrected chi connectivity index (χ2v) is 5.04. The Kier molecular flexibility index (Phi) is 4.80. The van der Waals surface area contributed by atoms with Gasteiger partial charge in [-0.15, -0.1) is 0 Å². The van der Waals surface area contributed by atoms with Crippen LogP contribution >= 0.6 is 0 Å². The van der Waals surface area contributed by atoms with Gasteiger partial charge in [0, 0.05) is 38.5 Å². The Balaban J connectivity index is 2.01. The number of methoxy groups -OCH3 is 1. The summed E-state index contributed by atoms with van der Waals surface area (Å²) in [5, 5.41) is 3.06. The number of likely N-dealkylation sites (tertiary alicyclic amines) is 1. The monoisotopic (exact) mass is 262 g/mol. The number of hydrogen-bond acceptors (Lipinski definition) is 3. The van der Waals surface area contributed by atoms with Crippen LogP contribution in [-0.4, -0.2) is 44.7 Å². The topological polar surface area (TPSA) is 41.6 Å². The van der Waals surface area contributed by atoms with Gasteiger partial charge in [0.15, 0.2) is 0 Å². The number of amides is 1. The zero-order chi connectivity index (χ0) is 13.7. The van der Waals surface area contributed by atoms with Crippen molar-refractivity contribution in [3.05, 3.63) is 29.8 Å². The van der Waals surface area contributed by atoms with E-state index in [1.54, 1.807) is 7.11 Å². The van der Waals surface area contributed by atoms with Gasteiger partial charge in [0.2, 0.25) is 0 Å². The average Bonchev–Trinajstić information content (AvgIpc) is 2.47. The number of rotatable bonds is 4. The van der Waals surface area contributed by atoms with Crippen LogP contribution in [0, 0.1) is 5.92 Å². The molecule has 19 heavy (non-hydrogen) atoms. The van der Waals surface area contributed by atoms with E-state index in [2.05, 4.69) is 5.32 Å². The molecule has 1 unspecified atom stereocenters. The normalized spacial score (nSPS) is 19.3. The van der Waals surface area contributed by atoms with Crippen molar-refractivity contribution in [3.63, 3.8) is 0 Å². The van der Waals surface area contributed by atoms with Crippen LogP contribution in [0.4, 0.5) is 5.69 Å². The fourth-order valence-electron chi connectivity index (χ4n) is 2.58. The first-order chi connectivity index (χ1) is 9.24. The summed E-state index contributed by atoms with van der Waals surface area (Å²) in [7, 11) is 3.59. The van der Waals surface area contributed by atoms with Crippen LogP contribution in [-0.2, 0) is 4.74 Å². The summed E-state index contributed by atoms with van der Waals surface area (Å²) < 4.78 is 5.20. The average molecular weight is 262 g/mol. The van der Waals surface area contributed by atoms with E-state index in [-0.39, 0.29) is 5.91 Å². The minimum Gasteiger partial charge on any atom is -0.388 e. The molecule has 4 heteroatoms. The summed E-state index contributed by atoms with van der Waals surface area (Å²) >= 11 is 0. The van der Waals surface area contributed by atoms with E-state index >= 15 is 0 Å². The lowest BCUT2D eigenvalue weighted by Crippen LogP contribution is -2.41. The van der Waals surface area contributed by atoms with Gasteiger partial charge in [0.05, 0.1) is 6.61 Å². The number of anilines is 1. The Labute approximate surface area is 114 Å². The highest BCUT2D eigenvalue weighted by molar-refractivity contribution is 5.94. The van der Waals surface area contributed by atoms with Gasteiger partial charge in [-0.3, -0.25) is 4.79 Å². The van der Waals surface area contributed by atoms with Gasteiger partial charge in [0.1, 0.15) is 0 Å². The lowest BCUT2D eigenvalue weighted by Gasteiger charge is -2.32. The summed E-state index contributed by atoms with van der Waals surface area (Å²) in [6, 6.07) is 7.63. The molecule has 1 aromatic carbocycles. The number of carbonyl (C=O) groups is 1. The van der Waals surface area contributed by atoms with Crippen molar-refractivity contribution in [2.24, 2.45) is 5.92 Å². The van der Waals surface area contributed by atoms with Crippen LogP contribution in [0.15, 0.2) is 24.3 Å². The number of piperidine rings is 1. The number of nitrogens with one attached hydrogen (secondary N) is 1. The SMILES string of the molecule is CNc1ccc(C(=O)N2CCCC(COC)C2)cc1. The molecule has 0 radical (unpaired) electrons. The molecule has 1 amide bonds. The van der Waals surface area contributed by atoms with Gasteiger partial charge < -0.3 is 15.0 Å². The third kappa shape index (κ3) is 3.47. The van der Waals surface area contributed by atoms with Crippen LogP contribution in [0.5, 0.6) is 0 Å². The van der Waals surface area contributed by atoms with Gasteiger partial charge in [-0.1, -0.05) is 0 Å². The molecule has 2 rings (SSSR count). The van der Waals surface area contributed by atoms with Crippen molar-refractivity contribution >= 4 is 11.6 Å². The molecule has 1 N–H and O–H groups in total. The molecule has 4 nitrogen and oxygen atoms in total. The summed E-state index contributed by atoms with van der Waals surface area (Å²) in [5.41, 5.74) is 1.78. The quantitative estimate of drug-likeness (QED) is 0.904. The number of hydrogen-bond donors (Lipinski definition) is 1. The van der Waals surface area contributed by atoms with Gasteiger partial charge in [-0.2, -0.15) is 0 Å². The van der Waals surface area contributed by atoms with E-state index in [1.807, 2.05) is 36.2 Å². The Bertz CT molecular complexity index is 415. The van der Waals surface area contributed by atoms with Crippen molar-refractivity contribution in [1.29, 1.82) is 0 Å². The van der Waals surface area contributed by atoms with Crippen molar-refractivity contribution in [2.75, 3.05) is 39.2 Å². The largest absolute Gasteiger partial charge is 0.388 e. The van der Waals surface area contributed by atoms with E-state index in [4.69, 9.17) is 4.74 Å². The van der Waals surface area contributed by atoms with Gasteiger partial charge >= 0.3 is 0 Å². The van der Waals surface area contributed by atoms with E-state index < -0.39 is 0 Å². The Morgan fingerprint density at radius 1 is 1.42 bits per heavy atom. The van der Waals surface area contributed by atoms with Crippen LogP contribution in [0.25, 0.3) is 0 Å². The molecular weight excluding hydrogens is 240 g/mol. The molecule has 0 spiro atoms. The zero-order valence-electron chi connectivity index (χ0n) is 11.7. The Morgan fingerprint density at radius 3 is 2.79 bits per heavy atom. The zero-order valence-corrected chi connectivity index (χ0v) is 11.7. The molecule has 1 aliphatic heterocycles. The number of benzene rings is 1. The number of ether oxygens (including phenoxy) is 1. The third-order valence-electron chi connectivity index (χ3n) is 3.63. The standard InChI is InChI=1S/C15H22N2O2/c1-16-14-7-5-13(6-8-14)15(18)17-9-3-4-12(10-17)11-19-2/h5-8,12,16H,3-4,9-11H2,1-2H3. The molecule has 0 saturated carbocycles. The molecular formula is C15H22N2O2. The highest BCUT2D eigenvalue weighted by Gasteiger charge is 2.24. The predicted octanol–water partition coefficient (Wildman–Crippen LogP) is 2.23. The minimum absolute atomic E-state index is 0.128. The van der Waals surface area contributed by atoms with Gasteiger partial charge in [-0.25, -0.2) is 0 Å². The molecule has 0 aliphatic carbocycles. The van der Waals surface area contributed by atoms with Gasteiger partial charge in [-0.05, 0) is 43.0 Å². The first-order valence-corrected chi connectivity index (χ1v) is 6.80. The first kappa shape index (κ1) is 13.9. The molecule has 104 valence electrons. The van der Waals surface area contributed by atoms with Crippen molar-refractivity contribution in [1.82, 2.24) is 4.90 Å². The van der Waals surface area contributed by atoms with E-state index in [9.17, 15) is 4.79 Å². The first-order valence-electron chi connectivity index (χ1n) is 6.80.